The zero-order chi connectivity index (χ0) is 23.4. The van der Waals surface area contributed by atoms with E-state index in [0.717, 1.165) is 19.3 Å². The first-order valence-corrected chi connectivity index (χ1v) is 12.5. The van der Waals surface area contributed by atoms with Gasteiger partial charge in [-0.2, -0.15) is 0 Å². The Morgan fingerprint density at radius 1 is 0.656 bits per heavy atom. The minimum absolute atomic E-state index is 0.0203. The van der Waals surface area contributed by atoms with Crippen LogP contribution in [0.1, 0.15) is 101 Å². The fourth-order valence-electron chi connectivity index (χ4n) is 5.55. The summed E-state index contributed by atoms with van der Waals surface area (Å²) in [5, 5.41) is 0. The Morgan fingerprint density at radius 2 is 1.19 bits per heavy atom. The fraction of sp³-hybridized carbons (Fsp3) is 0.438. The monoisotopic (exact) mass is 426 g/mol. The molecule has 3 rings (SSSR count). The van der Waals surface area contributed by atoms with Crippen LogP contribution < -0.4 is 0 Å². The number of benzene rings is 3. The first-order valence-electron chi connectivity index (χ1n) is 12.5. The third kappa shape index (κ3) is 4.70. The minimum Gasteiger partial charge on any atom is -0.0654 e. The van der Waals surface area contributed by atoms with Crippen LogP contribution in [0.2, 0.25) is 0 Å². The molecule has 0 aliphatic heterocycles. The lowest BCUT2D eigenvalue weighted by atomic mass is 9.54. The van der Waals surface area contributed by atoms with E-state index in [1.807, 2.05) is 0 Å². The SMILES string of the molecule is CCCC(C)(c1ccccc1)C(C)(Cc1cc(C(C)C)ccc1C(C)C)c1ccccc1. The van der Waals surface area contributed by atoms with E-state index in [9.17, 15) is 0 Å². The molecule has 0 aliphatic carbocycles. The zero-order valence-electron chi connectivity index (χ0n) is 21.3. The summed E-state index contributed by atoms with van der Waals surface area (Å²) in [7, 11) is 0. The van der Waals surface area contributed by atoms with Crippen molar-refractivity contribution in [2.24, 2.45) is 0 Å². The molecular formula is C32H42. The van der Waals surface area contributed by atoms with E-state index in [2.05, 4.69) is 127 Å². The van der Waals surface area contributed by atoms with Crippen molar-refractivity contribution >= 4 is 0 Å². The highest BCUT2D eigenvalue weighted by atomic mass is 14.5. The summed E-state index contributed by atoms with van der Waals surface area (Å²) in [6.45, 7) is 16.6. The Bertz CT molecular complexity index is 983. The van der Waals surface area contributed by atoms with Crippen LogP contribution in [0, 0.1) is 0 Å². The molecule has 0 heterocycles. The number of rotatable bonds is 9. The Labute approximate surface area is 197 Å². The van der Waals surface area contributed by atoms with Crippen LogP contribution in [0.25, 0.3) is 0 Å². The molecule has 0 radical (unpaired) electrons. The van der Waals surface area contributed by atoms with Gasteiger partial charge in [0.2, 0.25) is 0 Å². The molecule has 2 unspecified atom stereocenters. The Balaban J connectivity index is 2.25. The summed E-state index contributed by atoms with van der Waals surface area (Å²) in [5.41, 5.74) is 7.30. The van der Waals surface area contributed by atoms with Crippen molar-refractivity contribution < 1.29 is 0 Å². The van der Waals surface area contributed by atoms with E-state index >= 15 is 0 Å². The van der Waals surface area contributed by atoms with E-state index in [4.69, 9.17) is 0 Å². The highest BCUT2D eigenvalue weighted by Crippen LogP contribution is 2.50. The lowest BCUT2D eigenvalue weighted by Gasteiger charge is -2.49. The largest absolute Gasteiger partial charge is 0.0654 e. The highest BCUT2D eigenvalue weighted by molar-refractivity contribution is 5.43. The lowest BCUT2D eigenvalue weighted by Crippen LogP contribution is -2.47. The van der Waals surface area contributed by atoms with Gasteiger partial charge in [-0.3, -0.25) is 0 Å². The molecule has 0 spiro atoms. The molecule has 0 saturated heterocycles. The summed E-state index contributed by atoms with van der Waals surface area (Å²) in [4.78, 5) is 0. The molecule has 0 fully saturated rings. The maximum Gasteiger partial charge on any atom is 0.00593 e. The van der Waals surface area contributed by atoms with Crippen molar-refractivity contribution in [2.45, 2.75) is 90.4 Å². The maximum atomic E-state index is 2.51. The van der Waals surface area contributed by atoms with E-state index in [0.29, 0.717) is 11.8 Å². The second kappa shape index (κ2) is 10.1. The van der Waals surface area contributed by atoms with Crippen molar-refractivity contribution in [3.8, 4) is 0 Å². The summed E-state index contributed by atoms with van der Waals surface area (Å²) in [6.07, 6.45) is 3.36. The molecule has 0 aromatic heterocycles. The van der Waals surface area contributed by atoms with Gasteiger partial charge in [-0.15, -0.1) is 0 Å². The van der Waals surface area contributed by atoms with Gasteiger partial charge < -0.3 is 0 Å². The van der Waals surface area contributed by atoms with Crippen LogP contribution in [-0.2, 0) is 17.3 Å². The topological polar surface area (TPSA) is 0 Å². The molecule has 2 atom stereocenters. The molecule has 0 heteroatoms. The third-order valence-corrected chi connectivity index (χ3v) is 7.79. The van der Waals surface area contributed by atoms with Gasteiger partial charge in [0.25, 0.3) is 0 Å². The average molecular weight is 427 g/mol. The average Bonchev–Trinajstić information content (AvgIpc) is 2.80. The molecule has 0 amide bonds. The predicted molar refractivity (Wildman–Crippen MR) is 141 cm³/mol. The van der Waals surface area contributed by atoms with Crippen LogP contribution in [0.3, 0.4) is 0 Å². The second-order valence-corrected chi connectivity index (χ2v) is 10.6. The van der Waals surface area contributed by atoms with Crippen LogP contribution in [-0.4, -0.2) is 0 Å². The van der Waals surface area contributed by atoms with Crippen molar-refractivity contribution in [3.05, 3.63) is 107 Å². The molecule has 0 bridgehead atoms. The first kappa shape index (κ1) is 24.3. The second-order valence-electron chi connectivity index (χ2n) is 10.6. The molecule has 3 aromatic rings. The molecule has 3 aromatic carbocycles. The highest BCUT2D eigenvalue weighted by Gasteiger charge is 2.46. The fourth-order valence-corrected chi connectivity index (χ4v) is 5.55. The molecular weight excluding hydrogens is 384 g/mol. The lowest BCUT2D eigenvalue weighted by molar-refractivity contribution is 0.230. The Hall–Kier alpha value is -2.34. The van der Waals surface area contributed by atoms with Gasteiger partial charge >= 0.3 is 0 Å². The Kier molecular flexibility index (Phi) is 7.65. The van der Waals surface area contributed by atoms with Crippen LogP contribution in [0.15, 0.2) is 78.9 Å². The van der Waals surface area contributed by atoms with Crippen LogP contribution in [0.4, 0.5) is 0 Å². The molecule has 0 N–H and O–H groups in total. The molecule has 0 aliphatic rings. The zero-order valence-corrected chi connectivity index (χ0v) is 21.3. The summed E-state index contributed by atoms with van der Waals surface area (Å²) < 4.78 is 0. The van der Waals surface area contributed by atoms with E-state index in [-0.39, 0.29) is 10.8 Å². The van der Waals surface area contributed by atoms with Gasteiger partial charge in [0.1, 0.15) is 0 Å². The molecule has 0 nitrogen and oxygen atoms in total. The standard InChI is InChI=1S/C32H42/c1-8-21-31(6,28-15-11-9-12-16-28)32(7,29-17-13-10-14-18-29)23-27-22-26(24(2)3)19-20-30(27)25(4)5/h9-20,22,24-25H,8,21,23H2,1-7H3. The predicted octanol–water partition coefficient (Wildman–Crippen LogP) is 9.19. The van der Waals surface area contributed by atoms with Crippen LogP contribution in [0.5, 0.6) is 0 Å². The van der Waals surface area contributed by atoms with E-state index in [1.165, 1.54) is 27.8 Å². The third-order valence-electron chi connectivity index (χ3n) is 7.79. The normalized spacial score (nSPS) is 15.5. The first-order chi connectivity index (χ1) is 15.2. The molecule has 32 heavy (non-hydrogen) atoms. The van der Waals surface area contributed by atoms with Gasteiger partial charge in [0, 0.05) is 10.8 Å². The number of hydrogen-bond acceptors (Lipinski definition) is 0. The van der Waals surface area contributed by atoms with Crippen molar-refractivity contribution in [1.82, 2.24) is 0 Å². The number of hydrogen-bond donors (Lipinski definition) is 0. The summed E-state index contributed by atoms with van der Waals surface area (Å²) in [6, 6.07) is 29.7. The summed E-state index contributed by atoms with van der Waals surface area (Å²) in [5.74, 6) is 1.05. The van der Waals surface area contributed by atoms with Crippen molar-refractivity contribution in [2.75, 3.05) is 0 Å². The van der Waals surface area contributed by atoms with E-state index in [1.54, 1.807) is 0 Å². The van der Waals surface area contributed by atoms with Gasteiger partial charge in [-0.1, -0.05) is 134 Å². The Morgan fingerprint density at radius 3 is 1.66 bits per heavy atom. The van der Waals surface area contributed by atoms with Crippen LogP contribution >= 0.6 is 0 Å². The minimum atomic E-state index is -0.0368. The van der Waals surface area contributed by atoms with Gasteiger partial charge in [0.05, 0.1) is 0 Å². The van der Waals surface area contributed by atoms with E-state index < -0.39 is 0 Å². The quantitative estimate of drug-likeness (QED) is 0.320. The molecule has 170 valence electrons. The van der Waals surface area contributed by atoms with Gasteiger partial charge in [-0.05, 0) is 52.5 Å². The van der Waals surface area contributed by atoms with Gasteiger partial charge in [0.15, 0.2) is 0 Å². The maximum absolute atomic E-state index is 2.51. The summed E-state index contributed by atoms with van der Waals surface area (Å²) >= 11 is 0. The van der Waals surface area contributed by atoms with Gasteiger partial charge in [-0.25, -0.2) is 0 Å². The molecule has 0 saturated carbocycles. The van der Waals surface area contributed by atoms with Crippen molar-refractivity contribution in [1.29, 1.82) is 0 Å². The van der Waals surface area contributed by atoms with Crippen molar-refractivity contribution in [3.63, 3.8) is 0 Å². The smallest absolute Gasteiger partial charge is 0.00593 e.